The van der Waals surface area contributed by atoms with Gasteiger partial charge in [-0.25, -0.2) is 4.98 Å². The molecule has 0 spiro atoms. The normalized spacial score (nSPS) is 11.7. The van der Waals surface area contributed by atoms with Crippen LogP contribution in [-0.4, -0.2) is 40.6 Å². The third-order valence-electron chi connectivity index (χ3n) is 4.49. The van der Waals surface area contributed by atoms with Crippen LogP contribution in [0.25, 0.3) is 22.9 Å². The SMILES string of the molecule is COc1ccc(NC(=O)C(C)Sc2nnc(-c3ccco3)c(-c3ccco3)n2)c(OC)c1. The number of nitrogens with one attached hydrogen (secondary N) is 1. The quantitative estimate of drug-likeness (QED) is 0.385. The Morgan fingerprint density at radius 1 is 1.00 bits per heavy atom. The third-order valence-corrected chi connectivity index (χ3v) is 5.45. The van der Waals surface area contributed by atoms with Crippen LogP contribution in [0.3, 0.4) is 0 Å². The van der Waals surface area contributed by atoms with Crippen molar-refractivity contribution >= 4 is 23.4 Å². The molecule has 1 unspecified atom stereocenters. The van der Waals surface area contributed by atoms with Crippen LogP contribution < -0.4 is 14.8 Å². The Hall–Kier alpha value is -3.79. The van der Waals surface area contributed by atoms with Gasteiger partial charge in [-0.15, -0.1) is 10.2 Å². The van der Waals surface area contributed by atoms with E-state index in [0.717, 1.165) is 0 Å². The van der Waals surface area contributed by atoms with Gasteiger partial charge in [0.1, 0.15) is 17.2 Å². The first-order valence-electron chi connectivity index (χ1n) is 9.61. The number of carbonyl (C=O) groups excluding carboxylic acids is 1. The number of thioether (sulfide) groups is 1. The smallest absolute Gasteiger partial charge is 0.237 e. The molecule has 1 amide bonds. The van der Waals surface area contributed by atoms with Gasteiger partial charge in [0.25, 0.3) is 0 Å². The van der Waals surface area contributed by atoms with Crippen LogP contribution in [0.2, 0.25) is 0 Å². The van der Waals surface area contributed by atoms with Crippen molar-refractivity contribution in [2.24, 2.45) is 0 Å². The fourth-order valence-electron chi connectivity index (χ4n) is 2.87. The van der Waals surface area contributed by atoms with Gasteiger partial charge in [-0.05, 0) is 43.3 Å². The van der Waals surface area contributed by atoms with Crippen molar-refractivity contribution in [1.82, 2.24) is 15.2 Å². The maximum absolute atomic E-state index is 12.8. The zero-order valence-electron chi connectivity index (χ0n) is 17.6. The summed E-state index contributed by atoms with van der Waals surface area (Å²) in [5.74, 6) is 1.93. The van der Waals surface area contributed by atoms with E-state index in [1.54, 1.807) is 69.0 Å². The predicted octanol–water partition coefficient (Wildman–Crippen LogP) is 4.53. The molecule has 1 N–H and O–H groups in total. The average Bonchev–Trinajstić information content (AvgIpc) is 3.53. The second-order valence-corrected chi connectivity index (χ2v) is 7.87. The minimum absolute atomic E-state index is 0.239. The molecule has 1 aromatic carbocycles. The second-order valence-electron chi connectivity index (χ2n) is 6.56. The summed E-state index contributed by atoms with van der Waals surface area (Å²) in [6.07, 6.45) is 3.10. The van der Waals surface area contributed by atoms with Crippen LogP contribution in [0.15, 0.2) is 69.0 Å². The highest BCUT2D eigenvalue weighted by Crippen LogP contribution is 2.32. The lowest BCUT2D eigenvalue weighted by Gasteiger charge is -2.14. The zero-order valence-corrected chi connectivity index (χ0v) is 18.4. The fraction of sp³-hybridized carbons (Fsp3) is 0.182. The number of carbonyl (C=O) groups is 1. The molecular formula is C22H20N4O5S. The molecule has 1 atom stereocenters. The molecule has 0 radical (unpaired) electrons. The molecule has 3 heterocycles. The Morgan fingerprint density at radius 2 is 1.72 bits per heavy atom. The van der Waals surface area contributed by atoms with Gasteiger partial charge in [0.15, 0.2) is 17.2 Å². The van der Waals surface area contributed by atoms with Crippen molar-refractivity contribution in [3.05, 3.63) is 55.0 Å². The number of aromatic nitrogens is 3. The van der Waals surface area contributed by atoms with E-state index in [0.29, 0.717) is 45.3 Å². The van der Waals surface area contributed by atoms with Crippen LogP contribution in [0.1, 0.15) is 6.92 Å². The van der Waals surface area contributed by atoms with Gasteiger partial charge in [0, 0.05) is 6.07 Å². The Labute approximate surface area is 188 Å². The standard InChI is InChI=1S/C22H20N4O5S/c1-13(21(27)23-15-9-8-14(28-2)12-18(15)29-3)32-22-24-19(16-6-4-10-30-16)20(25-26-22)17-7-5-11-31-17/h4-13H,1-3H3,(H,23,27). The Bertz CT molecular complexity index is 1200. The Morgan fingerprint density at radius 3 is 2.34 bits per heavy atom. The summed E-state index contributed by atoms with van der Waals surface area (Å²) in [6, 6.07) is 12.2. The van der Waals surface area contributed by atoms with E-state index in [4.69, 9.17) is 18.3 Å². The molecule has 0 aliphatic rings. The monoisotopic (exact) mass is 452 g/mol. The van der Waals surface area contributed by atoms with Gasteiger partial charge in [0.2, 0.25) is 11.1 Å². The molecule has 9 nitrogen and oxygen atoms in total. The number of ether oxygens (including phenoxy) is 2. The maximum atomic E-state index is 12.8. The molecule has 3 aromatic heterocycles. The first kappa shape index (κ1) is 21.4. The number of anilines is 1. The first-order chi connectivity index (χ1) is 15.6. The molecule has 0 aliphatic heterocycles. The summed E-state index contributed by atoms with van der Waals surface area (Å²) in [4.78, 5) is 17.3. The predicted molar refractivity (Wildman–Crippen MR) is 119 cm³/mol. The summed E-state index contributed by atoms with van der Waals surface area (Å²) in [7, 11) is 3.09. The van der Waals surface area contributed by atoms with E-state index in [1.807, 2.05) is 0 Å². The number of hydrogen-bond donors (Lipinski definition) is 1. The van der Waals surface area contributed by atoms with Crippen molar-refractivity contribution in [2.75, 3.05) is 19.5 Å². The van der Waals surface area contributed by atoms with Crippen LogP contribution in [0.4, 0.5) is 5.69 Å². The molecule has 0 saturated heterocycles. The van der Waals surface area contributed by atoms with Gasteiger partial charge in [-0.3, -0.25) is 4.79 Å². The molecule has 164 valence electrons. The van der Waals surface area contributed by atoms with Gasteiger partial charge in [0.05, 0.1) is 37.7 Å². The highest BCUT2D eigenvalue weighted by atomic mass is 32.2. The molecular weight excluding hydrogens is 432 g/mol. The maximum Gasteiger partial charge on any atom is 0.237 e. The molecule has 0 bridgehead atoms. The number of hydrogen-bond acceptors (Lipinski definition) is 9. The number of rotatable bonds is 8. The summed E-state index contributed by atoms with van der Waals surface area (Å²) in [6.45, 7) is 1.76. The van der Waals surface area contributed by atoms with Gasteiger partial charge >= 0.3 is 0 Å². The van der Waals surface area contributed by atoms with E-state index < -0.39 is 5.25 Å². The molecule has 4 aromatic rings. The van der Waals surface area contributed by atoms with Gasteiger partial charge < -0.3 is 23.6 Å². The van der Waals surface area contributed by atoms with Crippen LogP contribution in [0.5, 0.6) is 11.5 Å². The van der Waals surface area contributed by atoms with Crippen molar-refractivity contribution < 1.29 is 23.1 Å². The van der Waals surface area contributed by atoms with E-state index in [1.165, 1.54) is 18.9 Å². The van der Waals surface area contributed by atoms with Crippen LogP contribution in [-0.2, 0) is 4.79 Å². The number of amides is 1. The summed E-state index contributed by atoms with van der Waals surface area (Å²) in [5.41, 5.74) is 1.47. The first-order valence-corrected chi connectivity index (χ1v) is 10.5. The van der Waals surface area contributed by atoms with E-state index in [9.17, 15) is 4.79 Å². The lowest BCUT2D eigenvalue weighted by Crippen LogP contribution is -2.23. The molecule has 0 fully saturated rings. The Kier molecular flexibility index (Phi) is 6.41. The number of furan rings is 2. The Balaban J connectivity index is 1.54. The topological polar surface area (TPSA) is 113 Å². The molecule has 10 heteroatoms. The lowest BCUT2D eigenvalue weighted by atomic mass is 10.2. The summed E-state index contributed by atoms with van der Waals surface area (Å²) < 4.78 is 21.5. The largest absolute Gasteiger partial charge is 0.497 e. The van der Waals surface area contributed by atoms with Crippen molar-refractivity contribution in [1.29, 1.82) is 0 Å². The van der Waals surface area contributed by atoms with Crippen molar-refractivity contribution in [3.8, 4) is 34.4 Å². The highest BCUT2D eigenvalue weighted by Gasteiger charge is 2.22. The molecule has 0 saturated carbocycles. The highest BCUT2D eigenvalue weighted by molar-refractivity contribution is 8.00. The van der Waals surface area contributed by atoms with E-state index in [-0.39, 0.29) is 5.91 Å². The second kappa shape index (κ2) is 9.56. The van der Waals surface area contributed by atoms with E-state index >= 15 is 0 Å². The average molecular weight is 452 g/mol. The minimum atomic E-state index is -0.512. The van der Waals surface area contributed by atoms with Crippen molar-refractivity contribution in [2.45, 2.75) is 17.3 Å². The molecule has 32 heavy (non-hydrogen) atoms. The van der Waals surface area contributed by atoms with Crippen LogP contribution >= 0.6 is 11.8 Å². The third kappa shape index (κ3) is 4.59. The van der Waals surface area contributed by atoms with E-state index in [2.05, 4.69) is 20.5 Å². The number of benzene rings is 1. The lowest BCUT2D eigenvalue weighted by molar-refractivity contribution is -0.115. The fourth-order valence-corrected chi connectivity index (χ4v) is 3.59. The number of nitrogens with zero attached hydrogens (tertiary/aromatic N) is 3. The van der Waals surface area contributed by atoms with Gasteiger partial charge in [-0.2, -0.15) is 0 Å². The summed E-state index contributed by atoms with van der Waals surface area (Å²) >= 11 is 1.17. The number of methoxy groups -OCH3 is 2. The zero-order chi connectivity index (χ0) is 22.5. The van der Waals surface area contributed by atoms with Gasteiger partial charge in [-0.1, -0.05) is 11.8 Å². The van der Waals surface area contributed by atoms with Crippen molar-refractivity contribution in [3.63, 3.8) is 0 Å². The van der Waals surface area contributed by atoms with Crippen LogP contribution in [0, 0.1) is 0 Å². The minimum Gasteiger partial charge on any atom is -0.497 e. The summed E-state index contributed by atoms with van der Waals surface area (Å²) in [5, 5.41) is 11.1. The molecule has 4 rings (SSSR count). The molecule has 0 aliphatic carbocycles.